The third kappa shape index (κ3) is 5.89. The van der Waals surface area contributed by atoms with E-state index < -0.39 is 11.6 Å². The van der Waals surface area contributed by atoms with E-state index in [9.17, 15) is 9.59 Å². The topological polar surface area (TPSA) is 75.6 Å². The summed E-state index contributed by atoms with van der Waals surface area (Å²) in [6.45, 7) is 5.51. The lowest BCUT2D eigenvalue weighted by Gasteiger charge is -2.36. The molecule has 2 N–H and O–H groups in total. The van der Waals surface area contributed by atoms with Crippen molar-refractivity contribution in [1.82, 2.24) is 5.32 Å². The van der Waals surface area contributed by atoms with Gasteiger partial charge in [-0.15, -0.1) is 0 Å². The van der Waals surface area contributed by atoms with Gasteiger partial charge in [-0.25, -0.2) is 4.79 Å². The van der Waals surface area contributed by atoms with Crippen molar-refractivity contribution in [3.63, 3.8) is 0 Å². The van der Waals surface area contributed by atoms with Crippen molar-refractivity contribution in [2.45, 2.75) is 64.5 Å². The third-order valence-corrected chi connectivity index (χ3v) is 2.96. The van der Waals surface area contributed by atoms with Gasteiger partial charge in [0.2, 0.25) is 0 Å². The molecule has 1 saturated carbocycles. The van der Waals surface area contributed by atoms with Crippen LogP contribution in [0, 0.1) is 5.92 Å². The number of hydrogen-bond acceptors (Lipinski definition) is 3. The molecular formula is C13H23NO4. The van der Waals surface area contributed by atoms with Crippen molar-refractivity contribution < 1.29 is 19.4 Å². The number of carboxylic acids is 1. The van der Waals surface area contributed by atoms with Gasteiger partial charge in [0.25, 0.3) is 0 Å². The molecule has 0 radical (unpaired) electrons. The Kier molecular flexibility index (Phi) is 4.99. The van der Waals surface area contributed by atoms with Gasteiger partial charge in [-0.05, 0) is 52.4 Å². The number of hydrogen-bond donors (Lipinski definition) is 2. The Morgan fingerprint density at radius 1 is 1.33 bits per heavy atom. The molecule has 1 aliphatic carbocycles. The minimum atomic E-state index is -0.738. The predicted molar refractivity (Wildman–Crippen MR) is 67.4 cm³/mol. The molecule has 5 heteroatoms. The van der Waals surface area contributed by atoms with Gasteiger partial charge in [0, 0.05) is 12.5 Å². The second-order valence-corrected chi connectivity index (χ2v) is 5.97. The van der Waals surface area contributed by atoms with Gasteiger partial charge in [0.05, 0.1) is 0 Å². The molecule has 0 aromatic carbocycles. The largest absolute Gasteiger partial charge is 0.481 e. The maximum Gasteiger partial charge on any atom is 0.407 e. The zero-order valence-corrected chi connectivity index (χ0v) is 11.4. The Balaban J connectivity index is 2.08. The van der Waals surface area contributed by atoms with Crippen LogP contribution >= 0.6 is 0 Å². The quantitative estimate of drug-likeness (QED) is 0.793. The van der Waals surface area contributed by atoms with E-state index in [0.29, 0.717) is 5.92 Å². The van der Waals surface area contributed by atoms with Crippen molar-refractivity contribution in [2.24, 2.45) is 5.92 Å². The highest BCUT2D eigenvalue weighted by Crippen LogP contribution is 2.31. The number of aliphatic carboxylic acids is 1. The normalized spacial score (nSPS) is 23.1. The Morgan fingerprint density at radius 3 is 2.44 bits per heavy atom. The van der Waals surface area contributed by atoms with Crippen LogP contribution in [0.15, 0.2) is 0 Å². The van der Waals surface area contributed by atoms with E-state index in [4.69, 9.17) is 9.84 Å². The van der Waals surface area contributed by atoms with E-state index in [0.717, 1.165) is 25.7 Å². The monoisotopic (exact) mass is 257 g/mol. The molecule has 0 saturated heterocycles. The number of amides is 1. The Labute approximate surface area is 108 Å². The third-order valence-electron chi connectivity index (χ3n) is 2.96. The molecule has 0 heterocycles. The van der Waals surface area contributed by atoms with E-state index in [-0.39, 0.29) is 18.6 Å². The molecule has 1 rings (SSSR count). The first-order valence-corrected chi connectivity index (χ1v) is 6.47. The minimum absolute atomic E-state index is 0.190. The van der Waals surface area contributed by atoms with E-state index in [1.807, 2.05) is 20.8 Å². The highest BCUT2D eigenvalue weighted by molar-refractivity contribution is 5.68. The highest BCUT2D eigenvalue weighted by Gasteiger charge is 2.31. The molecule has 0 aliphatic heterocycles. The fourth-order valence-electron chi connectivity index (χ4n) is 2.11. The van der Waals surface area contributed by atoms with Gasteiger partial charge in [-0.3, -0.25) is 4.79 Å². The second kappa shape index (κ2) is 6.07. The summed E-state index contributed by atoms with van der Waals surface area (Å²) in [6.07, 6.45) is 3.38. The molecule has 104 valence electrons. The fourth-order valence-corrected chi connectivity index (χ4v) is 2.11. The first kappa shape index (κ1) is 14.8. The van der Waals surface area contributed by atoms with E-state index in [1.165, 1.54) is 0 Å². The summed E-state index contributed by atoms with van der Waals surface area (Å²) in [7, 11) is 0. The molecule has 1 fully saturated rings. The van der Waals surface area contributed by atoms with Gasteiger partial charge < -0.3 is 15.2 Å². The number of rotatable bonds is 5. The Morgan fingerprint density at radius 2 is 1.94 bits per heavy atom. The zero-order valence-electron chi connectivity index (χ0n) is 11.4. The number of alkyl carbamates (subject to hydrolysis) is 1. The van der Waals surface area contributed by atoms with Crippen LogP contribution in [0.2, 0.25) is 0 Å². The molecule has 0 bridgehead atoms. The van der Waals surface area contributed by atoms with Crippen molar-refractivity contribution in [3.8, 4) is 0 Å². The van der Waals surface area contributed by atoms with Crippen LogP contribution in [-0.2, 0) is 9.53 Å². The maximum absolute atomic E-state index is 11.5. The van der Waals surface area contributed by atoms with Gasteiger partial charge in [-0.1, -0.05) is 0 Å². The minimum Gasteiger partial charge on any atom is -0.481 e. The van der Waals surface area contributed by atoms with E-state index in [1.54, 1.807) is 0 Å². The van der Waals surface area contributed by atoms with Gasteiger partial charge >= 0.3 is 12.1 Å². The predicted octanol–water partition coefficient (Wildman–Crippen LogP) is 2.54. The number of carbonyl (C=O) groups excluding carboxylic acids is 1. The zero-order chi connectivity index (χ0) is 13.8. The van der Waals surface area contributed by atoms with Crippen LogP contribution in [-0.4, -0.2) is 28.8 Å². The molecule has 0 aromatic rings. The summed E-state index contributed by atoms with van der Waals surface area (Å²) in [6, 6.07) is 0.190. The highest BCUT2D eigenvalue weighted by atomic mass is 16.6. The molecule has 0 spiro atoms. The van der Waals surface area contributed by atoms with Crippen LogP contribution < -0.4 is 5.32 Å². The molecule has 1 amide bonds. The van der Waals surface area contributed by atoms with Crippen LogP contribution in [0.25, 0.3) is 0 Å². The maximum atomic E-state index is 11.5. The fraction of sp³-hybridized carbons (Fsp3) is 0.846. The van der Waals surface area contributed by atoms with Crippen molar-refractivity contribution in [1.29, 1.82) is 0 Å². The SMILES string of the molecule is CC(C)(C)OC(=O)NC1CC(CCCC(=O)O)C1. The molecule has 5 nitrogen and oxygen atoms in total. The first-order chi connectivity index (χ1) is 8.26. The molecule has 0 atom stereocenters. The van der Waals surface area contributed by atoms with Gasteiger partial charge in [0.1, 0.15) is 5.60 Å². The summed E-state index contributed by atoms with van der Waals surface area (Å²) >= 11 is 0. The van der Waals surface area contributed by atoms with Crippen LogP contribution in [0.5, 0.6) is 0 Å². The Bertz CT molecular complexity index is 303. The van der Waals surface area contributed by atoms with Crippen LogP contribution in [0.1, 0.15) is 52.9 Å². The summed E-state index contributed by atoms with van der Waals surface area (Å²) in [5.74, 6) is -0.193. The second-order valence-electron chi connectivity index (χ2n) is 5.97. The Hall–Kier alpha value is -1.26. The number of nitrogens with one attached hydrogen (secondary N) is 1. The number of carboxylic acid groups (broad SMARTS) is 1. The smallest absolute Gasteiger partial charge is 0.407 e. The number of ether oxygens (including phenoxy) is 1. The standard InChI is InChI=1S/C13H23NO4/c1-13(2,3)18-12(17)14-10-7-9(8-10)5-4-6-11(15)16/h9-10H,4-8H2,1-3H3,(H,14,17)(H,15,16). The summed E-state index contributed by atoms with van der Waals surface area (Å²) in [5, 5.41) is 11.3. The van der Waals surface area contributed by atoms with Crippen molar-refractivity contribution >= 4 is 12.1 Å². The lowest BCUT2D eigenvalue weighted by molar-refractivity contribution is -0.137. The van der Waals surface area contributed by atoms with Crippen molar-refractivity contribution in [3.05, 3.63) is 0 Å². The summed E-state index contributed by atoms with van der Waals surface area (Å²) in [4.78, 5) is 21.8. The van der Waals surface area contributed by atoms with Crippen molar-refractivity contribution in [2.75, 3.05) is 0 Å². The molecule has 0 unspecified atom stereocenters. The average molecular weight is 257 g/mol. The van der Waals surface area contributed by atoms with Gasteiger partial charge in [-0.2, -0.15) is 0 Å². The average Bonchev–Trinajstić information content (AvgIpc) is 2.09. The summed E-state index contributed by atoms with van der Waals surface area (Å²) < 4.78 is 5.16. The van der Waals surface area contributed by atoms with Crippen LogP contribution in [0.4, 0.5) is 4.79 Å². The van der Waals surface area contributed by atoms with Crippen LogP contribution in [0.3, 0.4) is 0 Å². The molecular weight excluding hydrogens is 234 g/mol. The molecule has 0 aromatic heterocycles. The lowest BCUT2D eigenvalue weighted by Crippen LogP contribution is -2.46. The molecule has 1 aliphatic rings. The summed E-state index contributed by atoms with van der Waals surface area (Å²) in [5.41, 5.74) is -0.464. The molecule has 18 heavy (non-hydrogen) atoms. The van der Waals surface area contributed by atoms with Gasteiger partial charge in [0.15, 0.2) is 0 Å². The lowest BCUT2D eigenvalue weighted by atomic mass is 9.77. The van der Waals surface area contributed by atoms with E-state index >= 15 is 0 Å². The number of carbonyl (C=O) groups is 2. The first-order valence-electron chi connectivity index (χ1n) is 6.47. The van der Waals surface area contributed by atoms with E-state index in [2.05, 4.69) is 5.32 Å².